The van der Waals surface area contributed by atoms with Gasteiger partial charge in [-0.25, -0.2) is 9.78 Å². The number of carbonyl (C=O) groups is 2. The maximum absolute atomic E-state index is 11.9. The number of pyridine rings is 1. The van der Waals surface area contributed by atoms with E-state index in [0.717, 1.165) is 4.47 Å². The number of rotatable bonds is 3. The van der Waals surface area contributed by atoms with Crippen LogP contribution in [0.25, 0.3) is 0 Å². The number of aromatic hydroxyl groups is 1. The van der Waals surface area contributed by atoms with E-state index in [-0.39, 0.29) is 22.7 Å². The molecule has 0 saturated heterocycles. The van der Waals surface area contributed by atoms with Crippen molar-refractivity contribution in [3.63, 3.8) is 0 Å². The van der Waals surface area contributed by atoms with Crippen molar-refractivity contribution in [3.8, 4) is 5.75 Å². The van der Waals surface area contributed by atoms with Crippen molar-refractivity contribution in [1.29, 1.82) is 0 Å². The van der Waals surface area contributed by atoms with Crippen LogP contribution in [0.3, 0.4) is 0 Å². The summed E-state index contributed by atoms with van der Waals surface area (Å²) in [6.45, 7) is 0. The highest BCUT2D eigenvalue weighted by atomic mass is 79.9. The number of phenols is 1. The molecular formula is C13H9BrN2O4. The topological polar surface area (TPSA) is 99.5 Å². The lowest BCUT2D eigenvalue weighted by atomic mass is 10.2. The third-order valence-corrected chi connectivity index (χ3v) is 2.92. The van der Waals surface area contributed by atoms with Gasteiger partial charge in [0.25, 0.3) is 5.91 Å². The van der Waals surface area contributed by atoms with E-state index in [9.17, 15) is 14.7 Å². The minimum atomic E-state index is -1.15. The Morgan fingerprint density at radius 3 is 2.55 bits per heavy atom. The number of hydrogen-bond acceptors (Lipinski definition) is 4. The molecule has 0 aliphatic rings. The Morgan fingerprint density at radius 1 is 1.20 bits per heavy atom. The summed E-state index contributed by atoms with van der Waals surface area (Å²) in [7, 11) is 0. The average molecular weight is 337 g/mol. The van der Waals surface area contributed by atoms with Crippen LogP contribution in [0.15, 0.2) is 41.0 Å². The lowest BCUT2D eigenvalue weighted by Gasteiger charge is -2.07. The molecule has 0 aliphatic carbocycles. The van der Waals surface area contributed by atoms with Crippen molar-refractivity contribution < 1.29 is 19.8 Å². The minimum Gasteiger partial charge on any atom is -0.506 e. The van der Waals surface area contributed by atoms with Crippen LogP contribution in [-0.4, -0.2) is 27.1 Å². The van der Waals surface area contributed by atoms with Crippen molar-refractivity contribution in [3.05, 3.63) is 52.3 Å². The van der Waals surface area contributed by atoms with Gasteiger partial charge in [-0.05, 0) is 46.3 Å². The van der Waals surface area contributed by atoms with Crippen molar-refractivity contribution in [1.82, 2.24) is 4.98 Å². The first-order chi connectivity index (χ1) is 9.47. The zero-order valence-corrected chi connectivity index (χ0v) is 11.6. The Hall–Kier alpha value is -2.41. The van der Waals surface area contributed by atoms with E-state index in [0.29, 0.717) is 0 Å². The van der Waals surface area contributed by atoms with Gasteiger partial charge in [0, 0.05) is 10.7 Å². The second-order valence-electron chi connectivity index (χ2n) is 3.85. The average Bonchev–Trinajstić information content (AvgIpc) is 2.41. The van der Waals surface area contributed by atoms with Gasteiger partial charge < -0.3 is 15.5 Å². The highest BCUT2D eigenvalue weighted by molar-refractivity contribution is 9.10. The molecule has 102 valence electrons. The molecule has 1 aromatic carbocycles. The molecule has 20 heavy (non-hydrogen) atoms. The molecule has 3 N–H and O–H groups in total. The molecule has 0 aliphatic heterocycles. The second kappa shape index (κ2) is 5.70. The number of aromatic carboxylic acids is 1. The quantitative estimate of drug-likeness (QED) is 0.748. The Labute approximate surface area is 122 Å². The SMILES string of the molecule is O=C(O)c1ccc(O)c(NC(=O)c2ccc(Br)cn2)c1. The van der Waals surface area contributed by atoms with Crippen molar-refractivity contribution in [2.75, 3.05) is 5.32 Å². The van der Waals surface area contributed by atoms with E-state index < -0.39 is 11.9 Å². The normalized spacial score (nSPS) is 10.1. The summed E-state index contributed by atoms with van der Waals surface area (Å²) in [6, 6.07) is 6.76. The van der Waals surface area contributed by atoms with E-state index in [1.165, 1.54) is 30.5 Å². The fraction of sp³-hybridized carbons (Fsp3) is 0. The van der Waals surface area contributed by atoms with Crippen LogP contribution in [-0.2, 0) is 0 Å². The number of carboxylic acids is 1. The largest absolute Gasteiger partial charge is 0.506 e. The smallest absolute Gasteiger partial charge is 0.335 e. The predicted octanol–water partition coefficient (Wildman–Crippen LogP) is 2.50. The molecule has 0 unspecified atom stereocenters. The molecule has 0 radical (unpaired) electrons. The Kier molecular flexibility index (Phi) is 3.99. The number of nitrogens with one attached hydrogen (secondary N) is 1. The van der Waals surface area contributed by atoms with E-state index in [1.54, 1.807) is 6.07 Å². The first kappa shape index (κ1) is 14.0. The Balaban J connectivity index is 2.25. The van der Waals surface area contributed by atoms with Gasteiger partial charge in [0.15, 0.2) is 0 Å². The molecule has 0 spiro atoms. The van der Waals surface area contributed by atoms with Crippen LogP contribution in [0.4, 0.5) is 5.69 Å². The van der Waals surface area contributed by atoms with Crippen LogP contribution < -0.4 is 5.32 Å². The standard InChI is InChI=1S/C13H9BrN2O4/c14-8-2-3-9(15-6-8)12(18)16-10-5-7(13(19)20)1-4-11(10)17/h1-6,17H,(H,16,18)(H,19,20). The number of nitrogens with zero attached hydrogens (tertiary/aromatic N) is 1. The number of carbonyl (C=O) groups excluding carboxylic acids is 1. The molecule has 6 nitrogen and oxygen atoms in total. The van der Waals surface area contributed by atoms with Crippen LogP contribution in [0.5, 0.6) is 5.75 Å². The molecule has 0 saturated carbocycles. The van der Waals surface area contributed by atoms with Crippen molar-refractivity contribution >= 4 is 33.5 Å². The van der Waals surface area contributed by atoms with E-state index in [1.807, 2.05) is 0 Å². The van der Waals surface area contributed by atoms with E-state index in [2.05, 4.69) is 26.2 Å². The fourth-order valence-corrected chi connectivity index (χ4v) is 1.70. The van der Waals surface area contributed by atoms with Crippen molar-refractivity contribution in [2.45, 2.75) is 0 Å². The summed E-state index contributed by atoms with van der Waals surface area (Å²) in [6.07, 6.45) is 1.46. The maximum atomic E-state index is 11.9. The van der Waals surface area contributed by atoms with E-state index >= 15 is 0 Å². The highest BCUT2D eigenvalue weighted by Crippen LogP contribution is 2.24. The van der Waals surface area contributed by atoms with Gasteiger partial charge in [-0.2, -0.15) is 0 Å². The number of aromatic nitrogens is 1. The summed E-state index contributed by atoms with van der Waals surface area (Å²) in [5, 5.41) is 20.9. The molecule has 0 atom stereocenters. The summed E-state index contributed by atoms with van der Waals surface area (Å²) in [5.41, 5.74) is 0.120. The first-order valence-corrected chi connectivity index (χ1v) is 6.26. The minimum absolute atomic E-state index is 0.0135. The molecule has 0 bridgehead atoms. The van der Waals surface area contributed by atoms with Gasteiger partial charge in [-0.3, -0.25) is 4.79 Å². The summed E-state index contributed by atoms with van der Waals surface area (Å²) in [4.78, 5) is 26.7. The molecule has 2 rings (SSSR count). The number of hydrogen-bond donors (Lipinski definition) is 3. The zero-order chi connectivity index (χ0) is 14.7. The number of amides is 1. The molecule has 1 heterocycles. The molecule has 0 fully saturated rings. The van der Waals surface area contributed by atoms with Gasteiger partial charge in [0.2, 0.25) is 0 Å². The number of phenolic OH excluding ortho intramolecular Hbond substituents is 1. The monoisotopic (exact) mass is 336 g/mol. The number of benzene rings is 1. The summed E-state index contributed by atoms with van der Waals surface area (Å²) >= 11 is 3.20. The third kappa shape index (κ3) is 3.12. The third-order valence-electron chi connectivity index (χ3n) is 2.45. The second-order valence-corrected chi connectivity index (χ2v) is 4.77. The Morgan fingerprint density at radius 2 is 1.95 bits per heavy atom. The van der Waals surface area contributed by atoms with Gasteiger partial charge >= 0.3 is 5.97 Å². The predicted molar refractivity (Wildman–Crippen MR) is 75.0 cm³/mol. The molecule has 1 aromatic heterocycles. The van der Waals surface area contributed by atoms with Gasteiger partial charge in [-0.1, -0.05) is 0 Å². The first-order valence-electron chi connectivity index (χ1n) is 5.46. The maximum Gasteiger partial charge on any atom is 0.335 e. The van der Waals surface area contributed by atoms with E-state index in [4.69, 9.17) is 5.11 Å². The summed E-state index contributed by atoms with van der Waals surface area (Å²) < 4.78 is 0.727. The van der Waals surface area contributed by atoms with Crippen LogP contribution in [0.1, 0.15) is 20.8 Å². The van der Waals surface area contributed by atoms with Gasteiger partial charge in [-0.15, -0.1) is 0 Å². The van der Waals surface area contributed by atoms with Crippen molar-refractivity contribution in [2.24, 2.45) is 0 Å². The molecule has 2 aromatic rings. The molecular weight excluding hydrogens is 328 g/mol. The van der Waals surface area contributed by atoms with Crippen LogP contribution >= 0.6 is 15.9 Å². The van der Waals surface area contributed by atoms with Crippen LogP contribution in [0.2, 0.25) is 0 Å². The molecule has 7 heteroatoms. The highest BCUT2D eigenvalue weighted by Gasteiger charge is 2.12. The number of halogens is 1. The fourth-order valence-electron chi connectivity index (χ4n) is 1.47. The molecule has 1 amide bonds. The lowest BCUT2D eigenvalue weighted by molar-refractivity contribution is 0.0696. The lowest BCUT2D eigenvalue weighted by Crippen LogP contribution is -2.14. The van der Waals surface area contributed by atoms with Crippen LogP contribution in [0, 0.1) is 0 Å². The number of carboxylic acid groups (broad SMARTS) is 1. The Bertz CT molecular complexity index is 671. The van der Waals surface area contributed by atoms with Gasteiger partial charge in [0.05, 0.1) is 11.3 Å². The van der Waals surface area contributed by atoms with Gasteiger partial charge in [0.1, 0.15) is 11.4 Å². The number of anilines is 1. The zero-order valence-electron chi connectivity index (χ0n) is 10.0. The summed E-state index contributed by atoms with van der Waals surface area (Å²) in [5.74, 6) is -1.92.